The molecule has 0 atom stereocenters. The number of likely N-dealkylation sites (N-methyl/N-ethyl adjacent to an activating group) is 1. The second kappa shape index (κ2) is 10.9. The largest absolute Gasteiger partial charge is 0.372 e. The van der Waals surface area contributed by atoms with Crippen molar-refractivity contribution in [1.82, 2.24) is 10.2 Å². The third kappa shape index (κ3) is 7.59. The van der Waals surface area contributed by atoms with Crippen LogP contribution in [0.2, 0.25) is 0 Å². The first-order valence-electron chi connectivity index (χ1n) is 10.1. The number of amides is 2. The minimum Gasteiger partial charge on any atom is -0.372 e. The zero-order valence-corrected chi connectivity index (χ0v) is 17.0. The molecule has 1 aliphatic heterocycles. The Morgan fingerprint density at radius 1 is 1.00 bits per heavy atom. The van der Waals surface area contributed by atoms with Crippen LogP contribution in [-0.4, -0.2) is 55.5 Å². The summed E-state index contributed by atoms with van der Waals surface area (Å²) in [5.74, 6) is -0.154. The van der Waals surface area contributed by atoms with Gasteiger partial charge in [0.2, 0.25) is 11.8 Å². The number of nitrogens with one attached hydrogen (secondary N) is 2. The normalized spacial score (nSPS) is 14.9. The smallest absolute Gasteiger partial charge is 0.238 e. The van der Waals surface area contributed by atoms with Gasteiger partial charge < -0.3 is 15.5 Å². The van der Waals surface area contributed by atoms with E-state index in [0.717, 1.165) is 18.8 Å². The van der Waals surface area contributed by atoms with Gasteiger partial charge in [0.1, 0.15) is 0 Å². The molecule has 6 heteroatoms. The molecular weight excluding hydrogens is 340 g/mol. The van der Waals surface area contributed by atoms with Gasteiger partial charge in [-0.25, -0.2) is 0 Å². The highest BCUT2D eigenvalue weighted by molar-refractivity contribution is 5.92. The number of carbonyl (C=O) groups excluding carboxylic acids is 2. The fraction of sp³-hybridized carbons (Fsp3) is 0.619. The van der Waals surface area contributed by atoms with Crippen LogP contribution in [-0.2, 0) is 9.59 Å². The Kier molecular flexibility index (Phi) is 8.58. The Morgan fingerprint density at radius 2 is 1.59 bits per heavy atom. The average Bonchev–Trinajstić information content (AvgIpc) is 2.90. The summed E-state index contributed by atoms with van der Waals surface area (Å²) in [7, 11) is 0. The third-order valence-corrected chi connectivity index (χ3v) is 4.75. The first-order valence-corrected chi connectivity index (χ1v) is 10.1. The minimum atomic E-state index is -0.100. The van der Waals surface area contributed by atoms with Crippen LogP contribution in [0.15, 0.2) is 24.3 Å². The summed E-state index contributed by atoms with van der Waals surface area (Å²) in [6.45, 7) is 9.10. The van der Waals surface area contributed by atoms with Gasteiger partial charge in [-0.2, -0.15) is 0 Å². The number of hydrogen-bond donors (Lipinski definition) is 2. The monoisotopic (exact) mass is 374 g/mol. The summed E-state index contributed by atoms with van der Waals surface area (Å²) in [6.07, 6.45) is 5.12. The number of carbonyl (C=O) groups is 2. The van der Waals surface area contributed by atoms with Crippen molar-refractivity contribution < 1.29 is 9.59 Å². The van der Waals surface area contributed by atoms with E-state index in [2.05, 4.69) is 27.7 Å². The average molecular weight is 375 g/mol. The Bertz CT molecular complexity index is 593. The molecule has 2 rings (SSSR count). The van der Waals surface area contributed by atoms with Crippen molar-refractivity contribution in [2.75, 3.05) is 42.9 Å². The fourth-order valence-corrected chi connectivity index (χ4v) is 3.34. The zero-order valence-electron chi connectivity index (χ0n) is 17.0. The van der Waals surface area contributed by atoms with Crippen LogP contribution in [0.25, 0.3) is 0 Å². The van der Waals surface area contributed by atoms with E-state index in [1.165, 1.54) is 31.4 Å². The molecule has 150 valence electrons. The van der Waals surface area contributed by atoms with Crippen molar-refractivity contribution in [3.63, 3.8) is 0 Å². The number of hydrogen-bond acceptors (Lipinski definition) is 4. The minimum absolute atomic E-state index is 0.0542. The second-order valence-corrected chi connectivity index (χ2v) is 7.52. The van der Waals surface area contributed by atoms with Gasteiger partial charge in [-0.1, -0.05) is 19.8 Å². The molecular formula is C21H34N4O2. The van der Waals surface area contributed by atoms with Gasteiger partial charge >= 0.3 is 0 Å². The van der Waals surface area contributed by atoms with Crippen LogP contribution in [0.3, 0.4) is 0 Å². The quantitative estimate of drug-likeness (QED) is 0.734. The first-order chi connectivity index (χ1) is 13.0. The summed E-state index contributed by atoms with van der Waals surface area (Å²) in [4.78, 5) is 28.5. The standard InChI is InChI=1S/C21H34N4O2/c1-4-24(15-20(26)22-17(2)3)16-21(27)23-18-9-11-19(12-10-18)25-13-7-5-6-8-14-25/h9-12,17H,4-8,13-16H2,1-3H3,(H,22,26)(H,23,27). The molecule has 1 saturated heterocycles. The van der Waals surface area contributed by atoms with E-state index in [9.17, 15) is 9.59 Å². The van der Waals surface area contributed by atoms with E-state index >= 15 is 0 Å². The maximum atomic E-state index is 12.3. The highest BCUT2D eigenvalue weighted by atomic mass is 16.2. The third-order valence-electron chi connectivity index (χ3n) is 4.75. The zero-order chi connectivity index (χ0) is 19.6. The molecule has 6 nitrogen and oxygen atoms in total. The molecule has 1 fully saturated rings. The van der Waals surface area contributed by atoms with E-state index in [0.29, 0.717) is 6.54 Å². The maximum absolute atomic E-state index is 12.3. The highest BCUT2D eigenvalue weighted by Crippen LogP contribution is 2.21. The van der Waals surface area contributed by atoms with Crippen LogP contribution in [0.4, 0.5) is 11.4 Å². The van der Waals surface area contributed by atoms with Gasteiger partial charge in [-0.05, 0) is 57.5 Å². The topological polar surface area (TPSA) is 64.7 Å². The molecule has 1 aromatic rings. The summed E-state index contributed by atoms with van der Waals surface area (Å²) in [5, 5.41) is 5.79. The molecule has 1 aliphatic rings. The van der Waals surface area contributed by atoms with Crippen LogP contribution in [0.1, 0.15) is 46.5 Å². The molecule has 0 saturated carbocycles. The van der Waals surface area contributed by atoms with Gasteiger partial charge in [0, 0.05) is 30.5 Å². The van der Waals surface area contributed by atoms with Crippen molar-refractivity contribution in [1.29, 1.82) is 0 Å². The Balaban J connectivity index is 1.84. The number of nitrogens with zero attached hydrogens (tertiary/aromatic N) is 2. The highest BCUT2D eigenvalue weighted by Gasteiger charge is 2.14. The molecule has 1 heterocycles. The SMILES string of the molecule is CCN(CC(=O)Nc1ccc(N2CCCCCC2)cc1)CC(=O)NC(C)C. The molecule has 0 radical (unpaired) electrons. The molecule has 27 heavy (non-hydrogen) atoms. The van der Waals surface area contributed by atoms with Crippen LogP contribution >= 0.6 is 0 Å². The first kappa shape index (κ1) is 21.2. The van der Waals surface area contributed by atoms with Crippen molar-refractivity contribution in [2.24, 2.45) is 0 Å². The summed E-state index contributed by atoms with van der Waals surface area (Å²) < 4.78 is 0. The van der Waals surface area contributed by atoms with Crippen molar-refractivity contribution in [3.05, 3.63) is 24.3 Å². The molecule has 0 unspecified atom stereocenters. The molecule has 0 aliphatic carbocycles. The van der Waals surface area contributed by atoms with Gasteiger partial charge in [-0.15, -0.1) is 0 Å². The molecule has 2 amide bonds. The summed E-state index contributed by atoms with van der Waals surface area (Å²) in [6, 6.07) is 8.18. The predicted molar refractivity (Wildman–Crippen MR) is 111 cm³/mol. The van der Waals surface area contributed by atoms with Gasteiger partial charge in [0.05, 0.1) is 13.1 Å². The van der Waals surface area contributed by atoms with Gasteiger partial charge in [-0.3, -0.25) is 14.5 Å². The Morgan fingerprint density at radius 3 is 2.15 bits per heavy atom. The maximum Gasteiger partial charge on any atom is 0.238 e. The van der Waals surface area contributed by atoms with Crippen LogP contribution < -0.4 is 15.5 Å². The van der Waals surface area contributed by atoms with Crippen molar-refractivity contribution in [2.45, 2.75) is 52.5 Å². The Labute approximate surface area is 163 Å². The van der Waals surface area contributed by atoms with E-state index in [-0.39, 0.29) is 30.9 Å². The predicted octanol–water partition coefficient (Wildman–Crippen LogP) is 2.85. The molecule has 2 N–H and O–H groups in total. The van der Waals surface area contributed by atoms with E-state index in [1.807, 2.05) is 37.8 Å². The summed E-state index contributed by atoms with van der Waals surface area (Å²) >= 11 is 0. The lowest BCUT2D eigenvalue weighted by Gasteiger charge is -2.23. The van der Waals surface area contributed by atoms with Gasteiger partial charge in [0.15, 0.2) is 0 Å². The van der Waals surface area contributed by atoms with E-state index in [4.69, 9.17) is 0 Å². The van der Waals surface area contributed by atoms with Crippen molar-refractivity contribution in [3.8, 4) is 0 Å². The fourth-order valence-electron chi connectivity index (χ4n) is 3.34. The number of anilines is 2. The lowest BCUT2D eigenvalue weighted by atomic mass is 10.2. The lowest BCUT2D eigenvalue weighted by Crippen LogP contribution is -2.42. The number of benzene rings is 1. The lowest BCUT2D eigenvalue weighted by molar-refractivity contribution is -0.123. The van der Waals surface area contributed by atoms with Crippen LogP contribution in [0, 0.1) is 0 Å². The van der Waals surface area contributed by atoms with E-state index < -0.39 is 0 Å². The molecule has 1 aromatic carbocycles. The second-order valence-electron chi connectivity index (χ2n) is 7.52. The number of rotatable bonds is 8. The van der Waals surface area contributed by atoms with Crippen LogP contribution in [0.5, 0.6) is 0 Å². The summed E-state index contributed by atoms with van der Waals surface area (Å²) in [5.41, 5.74) is 2.01. The Hall–Kier alpha value is -2.08. The molecule has 0 spiro atoms. The molecule has 0 aromatic heterocycles. The van der Waals surface area contributed by atoms with Gasteiger partial charge in [0.25, 0.3) is 0 Å². The van der Waals surface area contributed by atoms with E-state index in [1.54, 1.807) is 0 Å². The molecule has 0 bridgehead atoms. The van der Waals surface area contributed by atoms with Crippen molar-refractivity contribution >= 4 is 23.2 Å².